The van der Waals surface area contributed by atoms with Crippen LogP contribution in [-0.2, 0) is 6.42 Å². The van der Waals surface area contributed by atoms with Crippen molar-refractivity contribution in [3.05, 3.63) is 17.2 Å². The van der Waals surface area contributed by atoms with Crippen LogP contribution in [0.1, 0.15) is 101 Å². The minimum absolute atomic E-state index is 0.0959. The first kappa shape index (κ1) is 18.2. The molecule has 3 N–H and O–H groups in total. The Kier molecular flexibility index (Phi) is 9.40. The highest BCUT2D eigenvalue weighted by molar-refractivity contribution is 5.16. The van der Waals surface area contributed by atoms with Gasteiger partial charge in [0.2, 0.25) is 0 Å². The van der Waals surface area contributed by atoms with E-state index in [4.69, 9.17) is 10.7 Å². The Balaban J connectivity index is 2.19. The average molecular weight is 293 g/mol. The van der Waals surface area contributed by atoms with Crippen molar-refractivity contribution in [1.29, 1.82) is 0 Å². The fourth-order valence-corrected chi connectivity index (χ4v) is 2.89. The molecule has 1 atom stereocenters. The number of rotatable bonds is 12. The van der Waals surface area contributed by atoms with E-state index in [1.165, 1.54) is 51.4 Å². The highest BCUT2D eigenvalue weighted by atomic mass is 15.0. The van der Waals surface area contributed by atoms with Gasteiger partial charge in [0.25, 0.3) is 0 Å². The fraction of sp³-hybridized carbons (Fsp3) is 0.833. The van der Waals surface area contributed by atoms with Crippen LogP contribution in [0.3, 0.4) is 0 Å². The van der Waals surface area contributed by atoms with Crippen molar-refractivity contribution in [2.75, 3.05) is 0 Å². The number of hydrogen-bond acceptors (Lipinski definition) is 2. The second-order valence-electron chi connectivity index (χ2n) is 6.31. The maximum atomic E-state index is 6.17. The first-order valence-electron chi connectivity index (χ1n) is 9.00. The van der Waals surface area contributed by atoms with Gasteiger partial charge >= 0.3 is 0 Å². The van der Waals surface area contributed by atoms with Crippen molar-refractivity contribution in [2.24, 2.45) is 5.73 Å². The molecule has 1 aromatic heterocycles. The highest BCUT2D eigenvalue weighted by Crippen LogP contribution is 2.18. The lowest BCUT2D eigenvalue weighted by Crippen LogP contribution is -2.11. The van der Waals surface area contributed by atoms with E-state index in [-0.39, 0.29) is 6.04 Å². The molecule has 0 fully saturated rings. The molecular weight excluding hydrogens is 258 g/mol. The molecule has 0 aliphatic heterocycles. The van der Waals surface area contributed by atoms with Gasteiger partial charge in [-0.25, -0.2) is 4.98 Å². The molecule has 0 aliphatic carbocycles. The molecule has 0 bridgehead atoms. The van der Waals surface area contributed by atoms with Crippen LogP contribution in [0.15, 0.2) is 0 Å². The van der Waals surface area contributed by atoms with Gasteiger partial charge < -0.3 is 10.7 Å². The molecule has 0 amide bonds. The Labute approximate surface area is 131 Å². The number of imidazole rings is 1. The molecule has 1 unspecified atom stereocenters. The number of nitrogens with two attached hydrogens (primary N) is 1. The summed E-state index contributed by atoms with van der Waals surface area (Å²) in [7, 11) is 0. The van der Waals surface area contributed by atoms with Crippen LogP contribution in [0.4, 0.5) is 0 Å². The molecule has 0 radical (unpaired) electrons. The van der Waals surface area contributed by atoms with Crippen molar-refractivity contribution in [3.63, 3.8) is 0 Å². The quantitative estimate of drug-likeness (QED) is 0.520. The second-order valence-corrected chi connectivity index (χ2v) is 6.31. The van der Waals surface area contributed by atoms with Gasteiger partial charge in [-0.05, 0) is 19.8 Å². The van der Waals surface area contributed by atoms with Crippen molar-refractivity contribution in [2.45, 2.75) is 97.4 Å². The van der Waals surface area contributed by atoms with Crippen molar-refractivity contribution >= 4 is 0 Å². The van der Waals surface area contributed by atoms with Gasteiger partial charge in [0.05, 0.1) is 5.69 Å². The summed E-state index contributed by atoms with van der Waals surface area (Å²) in [5, 5.41) is 0. The van der Waals surface area contributed by atoms with E-state index >= 15 is 0 Å². The molecule has 1 aromatic rings. The maximum Gasteiger partial charge on any atom is 0.106 e. The summed E-state index contributed by atoms with van der Waals surface area (Å²) < 4.78 is 0. The van der Waals surface area contributed by atoms with Gasteiger partial charge in [-0.15, -0.1) is 0 Å². The van der Waals surface area contributed by atoms with Crippen LogP contribution >= 0.6 is 0 Å². The zero-order chi connectivity index (χ0) is 15.5. The van der Waals surface area contributed by atoms with Gasteiger partial charge in [-0.2, -0.15) is 0 Å². The minimum Gasteiger partial charge on any atom is -0.346 e. The Bertz CT molecular complexity index is 371. The summed E-state index contributed by atoms with van der Waals surface area (Å²) in [4.78, 5) is 8.12. The van der Waals surface area contributed by atoms with E-state index in [0.29, 0.717) is 0 Å². The number of unbranched alkanes of at least 4 members (excludes halogenated alkanes) is 7. The summed E-state index contributed by atoms with van der Waals surface area (Å²) in [5.74, 6) is 1.13. The Hall–Kier alpha value is -0.830. The predicted octanol–water partition coefficient (Wildman–Crippen LogP) is 5.20. The molecular formula is C18H35N3. The zero-order valence-corrected chi connectivity index (χ0v) is 14.4. The lowest BCUT2D eigenvalue weighted by atomic mass is 10.1. The highest BCUT2D eigenvalue weighted by Gasteiger charge is 2.13. The van der Waals surface area contributed by atoms with E-state index in [9.17, 15) is 0 Å². The monoisotopic (exact) mass is 293 g/mol. The van der Waals surface area contributed by atoms with E-state index in [1.807, 2.05) is 0 Å². The van der Waals surface area contributed by atoms with E-state index in [1.54, 1.807) is 0 Å². The first-order valence-corrected chi connectivity index (χ1v) is 9.00. The molecule has 122 valence electrons. The molecule has 21 heavy (non-hydrogen) atoms. The summed E-state index contributed by atoms with van der Waals surface area (Å²) in [6.45, 7) is 6.53. The average Bonchev–Trinajstić information content (AvgIpc) is 2.83. The third-order valence-electron chi connectivity index (χ3n) is 4.19. The van der Waals surface area contributed by atoms with Crippen molar-refractivity contribution in [3.8, 4) is 0 Å². The Morgan fingerprint density at radius 3 is 2.19 bits per heavy atom. The van der Waals surface area contributed by atoms with Crippen LogP contribution < -0.4 is 5.73 Å². The lowest BCUT2D eigenvalue weighted by Gasteiger charge is -2.07. The van der Waals surface area contributed by atoms with Crippen LogP contribution in [-0.4, -0.2) is 9.97 Å². The smallest absolute Gasteiger partial charge is 0.106 e. The van der Waals surface area contributed by atoms with Crippen molar-refractivity contribution in [1.82, 2.24) is 9.97 Å². The normalized spacial score (nSPS) is 12.8. The SMILES string of the molecule is CCCCCCCCCCc1nc(C(N)CCC)c(C)[nH]1. The molecule has 0 spiro atoms. The number of hydrogen-bond donors (Lipinski definition) is 2. The summed E-state index contributed by atoms with van der Waals surface area (Å²) in [6.07, 6.45) is 14.1. The molecule has 3 heteroatoms. The fourth-order valence-electron chi connectivity index (χ4n) is 2.89. The third-order valence-corrected chi connectivity index (χ3v) is 4.19. The van der Waals surface area contributed by atoms with Crippen molar-refractivity contribution < 1.29 is 0 Å². The number of H-pyrrole nitrogens is 1. The van der Waals surface area contributed by atoms with E-state index in [2.05, 4.69) is 25.8 Å². The van der Waals surface area contributed by atoms with Crippen LogP contribution in [0, 0.1) is 6.92 Å². The molecule has 0 saturated heterocycles. The number of aromatic nitrogens is 2. The van der Waals surface area contributed by atoms with Gasteiger partial charge in [-0.3, -0.25) is 0 Å². The molecule has 0 aromatic carbocycles. The second kappa shape index (κ2) is 10.8. The molecule has 1 rings (SSSR count). The summed E-state index contributed by atoms with van der Waals surface area (Å²) in [6, 6.07) is 0.0959. The van der Waals surface area contributed by atoms with Crippen LogP contribution in [0.5, 0.6) is 0 Å². The summed E-state index contributed by atoms with van der Waals surface area (Å²) >= 11 is 0. The predicted molar refractivity (Wildman–Crippen MR) is 91.5 cm³/mol. The molecule has 1 heterocycles. The lowest BCUT2D eigenvalue weighted by molar-refractivity contribution is 0.571. The molecule has 3 nitrogen and oxygen atoms in total. The summed E-state index contributed by atoms with van der Waals surface area (Å²) in [5.41, 5.74) is 8.40. The largest absolute Gasteiger partial charge is 0.346 e. The van der Waals surface area contributed by atoms with Crippen LogP contribution in [0.2, 0.25) is 0 Å². The minimum atomic E-state index is 0.0959. The maximum absolute atomic E-state index is 6.17. The van der Waals surface area contributed by atoms with Gasteiger partial charge in [0.1, 0.15) is 5.82 Å². The number of aryl methyl sites for hydroxylation is 2. The number of aromatic amines is 1. The Morgan fingerprint density at radius 2 is 1.57 bits per heavy atom. The first-order chi connectivity index (χ1) is 10.2. The van der Waals surface area contributed by atoms with E-state index in [0.717, 1.165) is 36.5 Å². The Morgan fingerprint density at radius 1 is 0.952 bits per heavy atom. The van der Waals surface area contributed by atoms with Crippen LogP contribution in [0.25, 0.3) is 0 Å². The van der Waals surface area contributed by atoms with Gasteiger partial charge in [-0.1, -0.05) is 65.2 Å². The third kappa shape index (κ3) is 7.12. The van der Waals surface area contributed by atoms with Gasteiger partial charge in [0.15, 0.2) is 0 Å². The number of nitrogens with zero attached hydrogens (tertiary/aromatic N) is 1. The topological polar surface area (TPSA) is 54.7 Å². The van der Waals surface area contributed by atoms with E-state index < -0.39 is 0 Å². The molecule has 0 aliphatic rings. The zero-order valence-electron chi connectivity index (χ0n) is 14.4. The number of nitrogens with one attached hydrogen (secondary N) is 1. The standard InChI is InChI=1S/C18H35N3/c1-4-6-7-8-9-10-11-12-14-17-20-15(3)18(21-17)16(19)13-5-2/h16H,4-14,19H2,1-3H3,(H,20,21). The van der Waals surface area contributed by atoms with Gasteiger partial charge in [0, 0.05) is 18.2 Å². The molecule has 0 saturated carbocycles.